The maximum Gasteiger partial charge on any atom is 0.186 e. The highest BCUT2D eigenvalue weighted by Crippen LogP contribution is 2.48. The Morgan fingerprint density at radius 1 is 1.36 bits per heavy atom. The zero-order valence-corrected chi connectivity index (χ0v) is 8.60. The van der Waals surface area contributed by atoms with E-state index in [1.165, 1.54) is 12.0 Å². The summed E-state index contributed by atoms with van der Waals surface area (Å²) in [6.45, 7) is 0. The number of nitrogens with zero attached hydrogens (tertiary/aromatic N) is 1. The Balaban J connectivity index is 2.06. The molecule has 74 valence electrons. The number of benzene rings is 1. The average Bonchev–Trinajstić information content (AvgIpc) is 3.01. The van der Waals surface area contributed by atoms with Crippen molar-refractivity contribution in [1.82, 2.24) is 0 Å². The summed E-state index contributed by atoms with van der Waals surface area (Å²) in [6.07, 6.45) is 1.17. The number of hydrogen-bond acceptors (Lipinski definition) is 2. The van der Waals surface area contributed by atoms with Gasteiger partial charge in [0.1, 0.15) is 0 Å². The predicted molar refractivity (Wildman–Crippen MR) is 57.7 cm³/mol. The summed E-state index contributed by atoms with van der Waals surface area (Å²) in [6, 6.07) is 10.6. The van der Waals surface area contributed by atoms with E-state index in [0.29, 0.717) is 11.8 Å². The highest BCUT2D eigenvalue weighted by atomic mass is 16.5. The molecule has 0 N–H and O–H groups in total. The fourth-order valence-corrected chi connectivity index (χ4v) is 1.95. The topological polar surface area (TPSA) is 21.6 Å². The van der Waals surface area contributed by atoms with Gasteiger partial charge in [-0.25, -0.2) is 0 Å². The van der Waals surface area contributed by atoms with Gasteiger partial charge in [0, 0.05) is 13.0 Å². The van der Waals surface area contributed by atoms with E-state index >= 15 is 0 Å². The van der Waals surface area contributed by atoms with Crippen LogP contribution in [0.5, 0.6) is 0 Å². The van der Waals surface area contributed by atoms with Gasteiger partial charge < -0.3 is 4.74 Å². The van der Waals surface area contributed by atoms with E-state index in [9.17, 15) is 0 Å². The maximum atomic E-state index is 5.23. The zero-order valence-electron chi connectivity index (χ0n) is 8.60. The molecule has 0 aromatic heterocycles. The lowest BCUT2D eigenvalue weighted by Gasteiger charge is -2.02. The van der Waals surface area contributed by atoms with Crippen molar-refractivity contribution >= 4 is 5.90 Å². The second-order valence-corrected chi connectivity index (χ2v) is 3.63. The molecule has 1 saturated carbocycles. The first-order valence-corrected chi connectivity index (χ1v) is 4.92. The first-order chi connectivity index (χ1) is 6.86. The lowest BCUT2D eigenvalue weighted by atomic mass is 10.1. The SMILES string of the molecule is CN=C(OC)[C@@H]1C[C@H]1c1ccccc1. The number of methoxy groups -OCH3 is 1. The average molecular weight is 189 g/mol. The van der Waals surface area contributed by atoms with Gasteiger partial charge in [0.2, 0.25) is 0 Å². The second kappa shape index (κ2) is 3.82. The van der Waals surface area contributed by atoms with Crippen LogP contribution in [0.25, 0.3) is 0 Å². The van der Waals surface area contributed by atoms with Crippen molar-refractivity contribution in [3.8, 4) is 0 Å². The third-order valence-electron chi connectivity index (χ3n) is 2.76. The van der Waals surface area contributed by atoms with Crippen LogP contribution in [-0.2, 0) is 4.74 Å². The van der Waals surface area contributed by atoms with Gasteiger partial charge >= 0.3 is 0 Å². The molecule has 2 nitrogen and oxygen atoms in total. The lowest BCUT2D eigenvalue weighted by molar-refractivity contribution is 0.384. The summed E-state index contributed by atoms with van der Waals surface area (Å²) < 4.78 is 5.23. The first kappa shape index (κ1) is 9.25. The molecule has 2 atom stereocenters. The molecule has 0 radical (unpaired) electrons. The van der Waals surface area contributed by atoms with E-state index in [4.69, 9.17) is 4.74 Å². The van der Waals surface area contributed by atoms with Crippen molar-refractivity contribution in [2.24, 2.45) is 10.9 Å². The zero-order chi connectivity index (χ0) is 9.97. The molecule has 1 aromatic carbocycles. The number of aliphatic imine (C=N–C) groups is 1. The van der Waals surface area contributed by atoms with Crippen LogP contribution >= 0.6 is 0 Å². The van der Waals surface area contributed by atoms with E-state index in [1.807, 2.05) is 6.07 Å². The monoisotopic (exact) mass is 189 g/mol. The molecular formula is C12H15NO. The van der Waals surface area contributed by atoms with Crippen LogP contribution in [0.3, 0.4) is 0 Å². The molecule has 0 heterocycles. The van der Waals surface area contributed by atoms with Crippen molar-refractivity contribution < 1.29 is 4.74 Å². The van der Waals surface area contributed by atoms with E-state index in [-0.39, 0.29) is 0 Å². The summed E-state index contributed by atoms with van der Waals surface area (Å²) in [7, 11) is 3.49. The molecule has 0 bridgehead atoms. The highest BCUT2D eigenvalue weighted by molar-refractivity contribution is 5.82. The largest absolute Gasteiger partial charge is 0.484 e. The van der Waals surface area contributed by atoms with Gasteiger partial charge in [-0.05, 0) is 17.9 Å². The standard InChI is InChI=1S/C12H15NO/c1-13-12(14-2)11-8-10(11)9-6-4-3-5-7-9/h3-7,10-11H,8H2,1-2H3/t10-,11+/m0/s1. The summed E-state index contributed by atoms with van der Waals surface area (Å²) in [5.41, 5.74) is 1.40. The molecule has 0 unspecified atom stereocenters. The molecule has 1 aliphatic carbocycles. The van der Waals surface area contributed by atoms with Crippen molar-refractivity contribution in [1.29, 1.82) is 0 Å². The van der Waals surface area contributed by atoms with Crippen LogP contribution in [0.15, 0.2) is 35.3 Å². The van der Waals surface area contributed by atoms with Crippen LogP contribution < -0.4 is 0 Å². The van der Waals surface area contributed by atoms with Gasteiger partial charge in [0.05, 0.1) is 7.11 Å². The van der Waals surface area contributed by atoms with Gasteiger partial charge in [-0.3, -0.25) is 4.99 Å². The van der Waals surface area contributed by atoms with E-state index in [2.05, 4.69) is 29.3 Å². The van der Waals surface area contributed by atoms with Crippen LogP contribution in [0, 0.1) is 5.92 Å². The fraction of sp³-hybridized carbons (Fsp3) is 0.417. The van der Waals surface area contributed by atoms with E-state index < -0.39 is 0 Å². The second-order valence-electron chi connectivity index (χ2n) is 3.63. The molecule has 14 heavy (non-hydrogen) atoms. The Hall–Kier alpha value is -1.31. The number of ether oxygens (including phenoxy) is 1. The highest BCUT2D eigenvalue weighted by Gasteiger charge is 2.42. The minimum Gasteiger partial charge on any atom is -0.484 e. The summed E-state index contributed by atoms with van der Waals surface area (Å²) in [5, 5.41) is 0. The molecule has 0 aliphatic heterocycles. The van der Waals surface area contributed by atoms with Crippen molar-refractivity contribution in [2.45, 2.75) is 12.3 Å². The Morgan fingerprint density at radius 2 is 2.07 bits per heavy atom. The molecule has 2 heteroatoms. The number of hydrogen-bond donors (Lipinski definition) is 0. The van der Waals surface area contributed by atoms with Gasteiger partial charge in [-0.15, -0.1) is 0 Å². The van der Waals surface area contributed by atoms with Crippen LogP contribution in [-0.4, -0.2) is 20.1 Å². The van der Waals surface area contributed by atoms with Crippen LogP contribution in [0.1, 0.15) is 17.9 Å². The summed E-state index contributed by atoms with van der Waals surface area (Å²) >= 11 is 0. The molecule has 2 rings (SSSR count). The van der Waals surface area contributed by atoms with Gasteiger partial charge in [-0.1, -0.05) is 30.3 Å². The third-order valence-corrected chi connectivity index (χ3v) is 2.76. The molecule has 0 saturated heterocycles. The third kappa shape index (κ3) is 1.65. The minimum absolute atomic E-state index is 0.507. The maximum absolute atomic E-state index is 5.23. The lowest BCUT2D eigenvalue weighted by Crippen LogP contribution is -2.04. The smallest absolute Gasteiger partial charge is 0.186 e. The van der Waals surface area contributed by atoms with Gasteiger partial charge in [0.15, 0.2) is 5.90 Å². The quantitative estimate of drug-likeness (QED) is 0.517. The fourth-order valence-electron chi connectivity index (χ4n) is 1.95. The Kier molecular flexibility index (Phi) is 2.53. The Morgan fingerprint density at radius 3 is 2.64 bits per heavy atom. The molecule has 0 amide bonds. The number of rotatable bonds is 2. The minimum atomic E-state index is 0.507. The van der Waals surface area contributed by atoms with E-state index in [1.54, 1.807) is 14.2 Å². The molecular weight excluding hydrogens is 174 g/mol. The predicted octanol–water partition coefficient (Wildman–Crippen LogP) is 2.46. The molecule has 0 spiro atoms. The Labute approximate surface area is 84.6 Å². The van der Waals surface area contributed by atoms with Crippen molar-refractivity contribution in [3.63, 3.8) is 0 Å². The first-order valence-electron chi connectivity index (χ1n) is 4.92. The molecule has 1 aromatic rings. The summed E-state index contributed by atoms with van der Waals surface area (Å²) in [4.78, 5) is 4.14. The Bertz CT molecular complexity index is 331. The summed E-state index contributed by atoms with van der Waals surface area (Å²) in [5.74, 6) is 2.01. The van der Waals surface area contributed by atoms with Crippen molar-refractivity contribution in [3.05, 3.63) is 35.9 Å². The normalized spacial score (nSPS) is 26.0. The molecule has 1 fully saturated rings. The van der Waals surface area contributed by atoms with Gasteiger partial charge in [0.25, 0.3) is 0 Å². The van der Waals surface area contributed by atoms with Crippen LogP contribution in [0.2, 0.25) is 0 Å². The van der Waals surface area contributed by atoms with E-state index in [0.717, 1.165) is 5.90 Å². The van der Waals surface area contributed by atoms with Crippen molar-refractivity contribution in [2.75, 3.05) is 14.2 Å². The van der Waals surface area contributed by atoms with Gasteiger partial charge in [-0.2, -0.15) is 0 Å². The molecule has 1 aliphatic rings. The van der Waals surface area contributed by atoms with Crippen LogP contribution in [0.4, 0.5) is 0 Å².